The number of hydrogen-bond acceptors (Lipinski definition) is 2. The summed E-state index contributed by atoms with van der Waals surface area (Å²) in [4.78, 5) is 27.0. The fourth-order valence-electron chi connectivity index (χ4n) is 2.16. The summed E-state index contributed by atoms with van der Waals surface area (Å²) in [6.07, 6.45) is 0. The van der Waals surface area contributed by atoms with Crippen molar-refractivity contribution in [3.8, 4) is 0 Å². The highest BCUT2D eigenvalue weighted by Crippen LogP contribution is 2.15. The molecule has 1 heterocycles. The van der Waals surface area contributed by atoms with Gasteiger partial charge in [0, 0.05) is 10.0 Å². The monoisotopic (exact) mass is 348 g/mol. The Morgan fingerprint density at radius 3 is 2.67 bits per heavy atom. The molecule has 0 saturated heterocycles. The molecular formula is C15H10BrFN2O2. The number of hydrogen-bond donors (Lipinski definition) is 1. The first-order valence-corrected chi connectivity index (χ1v) is 7.01. The molecule has 0 aliphatic heterocycles. The third kappa shape index (κ3) is 2.54. The van der Waals surface area contributed by atoms with E-state index >= 15 is 0 Å². The summed E-state index contributed by atoms with van der Waals surface area (Å²) in [5.41, 5.74) is -0.237. The highest BCUT2D eigenvalue weighted by atomic mass is 79.9. The number of halogens is 2. The average molecular weight is 349 g/mol. The van der Waals surface area contributed by atoms with Crippen molar-refractivity contribution in [1.82, 2.24) is 9.55 Å². The molecule has 0 fully saturated rings. The highest BCUT2D eigenvalue weighted by molar-refractivity contribution is 9.10. The van der Waals surface area contributed by atoms with Gasteiger partial charge in [0.05, 0.1) is 17.4 Å². The van der Waals surface area contributed by atoms with Crippen LogP contribution < -0.4 is 11.2 Å². The molecule has 0 unspecified atom stereocenters. The van der Waals surface area contributed by atoms with Gasteiger partial charge in [-0.2, -0.15) is 0 Å². The lowest BCUT2D eigenvalue weighted by molar-refractivity contribution is 0.590. The van der Waals surface area contributed by atoms with E-state index in [1.54, 1.807) is 36.4 Å². The Hall–Kier alpha value is -2.21. The normalized spacial score (nSPS) is 11.0. The smallest absolute Gasteiger partial charge is 0.307 e. The Labute approximate surface area is 127 Å². The summed E-state index contributed by atoms with van der Waals surface area (Å²) in [6.45, 7) is -0.113. The van der Waals surface area contributed by atoms with Crippen molar-refractivity contribution in [2.45, 2.75) is 6.54 Å². The number of aromatic amines is 1. The number of rotatable bonds is 2. The second-order valence-electron chi connectivity index (χ2n) is 4.60. The molecule has 0 saturated carbocycles. The zero-order valence-corrected chi connectivity index (χ0v) is 12.4. The average Bonchev–Trinajstić information content (AvgIpc) is 2.45. The minimum atomic E-state index is -0.555. The predicted molar refractivity (Wildman–Crippen MR) is 82.0 cm³/mol. The Morgan fingerprint density at radius 2 is 1.90 bits per heavy atom. The molecule has 4 nitrogen and oxygen atoms in total. The van der Waals surface area contributed by atoms with Gasteiger partial charge >= 0.3 is 5.69 Å². The molecule has 0 aliphatic carbocycles. The summed E-state index contributed by atoms with van der Waals surface area (Å²) in [5.74, 6) is -0.469. The number of benzene rings is 2. The van der Waals surface area contributed by atoms with E-state index in [2.05, 4.69) is 20.9 Å². The number of H-pyrrole nitrogens is 1. The van der Waals surface area contributed by atoms with Crippen LogP contribution in [0.4, 0.5) is 4.39 Å². The van der Waals surface area contributed by atoms with Crippen molar-refractivity contribution in [2.24, 2.45) is 0 Å². The van der Waals surface area contributed by atoms with Gasteiger partial charge in [0.25, 0.3) is 5.56 Å². The number of para-hydroxylation sites is 1. The minimum absolute atomic E-state index is 0.113. The fraction of sp³-hybridized carbons (Fsp3) is 0.0667. The summed E-state index contributed by atoms with van der Waals surface area (Å²) in [5, 5.41) is 0.398. The van der Waals surface area contributed by atoms with Crippen LogP contribution in [0.25, 0.3) is 10.9 Å². The zero-order chi connectivity index (χ0) is 15.0. The predicted octanol–water partition coefficient (Wildman–Crippen LogP) is 2.64. The second-order valence-corrected chi connectivity index (χ2v) is 5.52. The second kappa shape index (κ2) is 5.29. The van der Waals surface area contributed by atoms with Gasteiger partial charge in [-0.15, -0.1) is 0 Å². The lowest BCUT2D eigenvalue weighted by Crippen LogP contribution is -2.35. The quantitative estimate of drug-likeness (QED) is 0.773. The van der Waals surface area contributed by atoms with E-state index in [4.69, 9.17) is 0 Å². The maximum absolute atomic E-state index is 13.9. The molecule has 0 amide bonds. The van der Waals surface area contributed by atoms with Crippen LogP contribution >= 0.6 is 15.9 Å². The Bertz CT molecular complexity index is 946. The zero-order valence-electron chi connectivity index (χ0n) is 10.8. The molecule has 1 N–H and O–H groups in total. The third-order valence-electron chi connectivity index (χ3n) is 3.23. The van der Waals surface area contributed by atoms with Crippen LogP contribution in [0.3, 0.4) is 0 Å². The van der Waals surface area contributed by atoms with Crippen molar-refractivity contribution in [1.29, 1.82) is 0 Å². The molecule has 0 atom stereocenters. The third-order valence-corrected chi connectivity index (χ3v) is 3.73. The topological polar surface area (TPSA) is 54.9 Å². The largest absolute Gasteiger partial charge is 0.329 e. The van der Waals surface area contributed by atoms with Crippen molar-refractivity contribution in [3.63, 3.8) is 0 Å². The van der Waals surface area contributed by atoms with E-state index < -0.39 is 17.1 Å². The van der Waals surface area contributed by atoms with Crippen LogP contribution in [0.1, 0.15) is 5.56 Å². The maximum Gasteiger partial charge on any atom is 0.329 e. The summed E-state index contributed by atoms with van der Waals surface area (Å²) >= 11 is 3.17. The van der Waals surface area contributed by atoms with Crippen molar-refractivity contribution >= 4 is 26.8 Å². The number of fused-ring (bicyclic) bond motifs is 1. The standard InChI is InChI=1S/C15H10BrFN2O2/c16-10-6-5-9(12(17)7-10)8-19-14(20)11-3-1-2-4-13(11)18-15(19)21/h1-7H,8H2,(H,18,21). The number of aromatic nitrogens is 2. The highest BCUT2D eigenvalue weighted by Gasteiger charge is 2.10. The molecule has 3 aromatic rings. The summed E-state index contributed by atoms with van der Waals surface area (Å²) in [6, 6.07) is 11.2. The van der Waals surface area contributed by atoms with Crippen LogP contribution in [0.15, 0.2) is 56.5 Å². The molecule has 106 valence electrons. The van der Waals surface area contributed by atoms with E-state index in [-0.39, 0.29) is 12.1 Å². The van der Waals surface area contributed by atoms with Gasteiger partial charge in [-0.05, 0) is 24.3 Å². The Kier molecular flexibility index (Phi) is 3.47. The van der Waals surface area contributed by atoms with E-state index in [0.29, 0.717) is 15.4 Å². The molecule has 3 rings (SSSR count). The van der Waals surface area contributed by atoms with Gasteiger partial charge in [-0.3, -0.25) is 9.36 Å². The number of nitrogens with one attached hydrogen (secondary N) is 1. The van der Waals surface area contributed by atoms with Crippen LogP contribution in [-0.4, -0.2) is 9.55 Å². The molecule has 6 heteroatoms. The van der Waals surface area contributed by atoms with E-state index in [1.807, 2.05) is 0 Å². The molecule has 0 aliphatic rings. The van der Waals surface area contributed by atoms with Crippen LogP contribution in [-0.2, 0) is 6.54 Å². The summed E-state index contributed by atoms with van der Waals surface area (Å²) in [7, 11) is 0. The molecule has 21 heavy (non-hydrogen) atoms. The van der Waals surface area contributed by atoms with Gasteiger partial charge < -0.3 is 4.98 Å². The SMILES string of the molecule is O=c1[nH]c2ccccc2c(=O)n1Cc1ccc(Br)cc1F. The van der Waals surface area contributed by atoms with Gasteiger partial charge in [0.2, 0.25) is 0 Å². The molecule has 0 radical (unpaired) electrons. The van der Waals surface area contributed by atoms with Gasteiger partial charge in [-0.25, -0.2) is 9.18 Å². The number of nitrogens with zero attached hydrogens (tertiary/aromatic N) is 1. The lowest BCUT2D eigenvalue weighted by Gasteiger charge is -2.07. The first-order valence-electron chi connectivity index (χ1n) is 6.22. The van der Waals surface area contributed by atoms with Crippen molar-refractivity contribution < 1.29 is 4.39 Å². The first kappa shape index (κ1) is 13.8. The van der Waals surface area contributed by atoms with Gasteiger partial charge in [-0.1, -0.05) is 34.1 Å². The molecule has 1 aromatic heterocycles. The van der Waals surface area contributed by atoms with E-state index in [0.717, 1.165) is 4.57 Å². The summed E-state index contributed by atoms with van der Waals surface area (Å²) < 4.78 is 15.5. The minimum Gasteiger partial charge on any atom is -0.307 e. The fourth-order valence-corrected chi connectivity index (χ4v) is 2.50. The van der Waals surface area contributed by atoms with Gasteiger partial charge in [0.1, 0.15) is 5.82 Å². The lowest BCUT2D eigenvalue weighted by atomic mass is 10.2. The van der Waals surface area contributed by atoms with Crippen molar-refractivity contribution in [3.05, 3.63) is 79.2 Å². The van der Waals surface area contributed by atoms with E-state index in [9.17, 15) is 14.0 Å². The molecular weight excluding hydrogens is 339 g/mol. The Morgan fingerprint density at radius 1 is 1.14 bits per heavy atom. The first-order chi connectivity index (χ1) is 10.1. The molecule has 2 aromatic carbocycles. The van der Waals surface area contributed by atoms with Crippen LogP contribution in [0.2, 0.25) is 0 Å². The molecule has 0 bridgehead atoms. The van der Waals surface area contributed by atoms with Crippen molar-refractivity contribution in [2.75, 3.05) is 0 Å². The van der Waals surface area contributed by atoms with Crippen LogP contribution in [0.5, 0.6) is 0 Å². The van der Waals surface area contributed by atoms with Gasteiger partial charge in [0.15, 0.2) is 0 Å². The van der Waals surface area contributed by atoms with Crippen LogP contribution in [0, 0.1) is 5.82 Å². The Balaban J connectivity index is 2.17. The maximum atomic E-state index is 13.9. The molecule has 0 spiro atoms. The van der Waals surface area contributed by atoms with E-state index in [1.165, 1.54) is 6.07 Å².